The van der Waals surface area contributed by atoms with Gasteiger partial charge in [0.15, 0.2) is 5.88 Å². The lowest BCUT2D eigenvalue weighted by Crippen LogP contribution is -2.33. The van der Waals surface area contributed by atoms with Crippen LogP contribution in [0.1, 0.15) is 44.4 Å². The zero-order chi connectivity index (χ0) is 17.7. The van der Waals surface area contributed by atoms with Crippen molar-refractivity contribution in [2.24, 2.45) is 11.8 Å². The minimum Gasteiger partial charge on any atom is -0.482 e. The molecule has 0 fully saturated rings. The molecular formula is C20H24N2OS2. The van der Waals surface area contributed by atoms with Crippen molar-refractivity contribution in [1.29, 1.82) is 0 Å². The largest absolute Gasteiger partial charge is 0.482 e. The van der Waals surface area contributed by atoms with Gasteiger partial charge in [0.2, 0.25) is 0 Å². The summed E-state index contributed by atoms with van der Waals surface area (Å²) in [4.78, 5) is 2.01. The molecule has 3 heterocycles. The summed E-state index contributed by atoms with van der Waals surface area (Å²) in [5.41, 5.74) is 6.44. The number of anilines is 1. The van der Waals surface area contributed by atoms with Crippen molar-refractivity contribution in [2.45, 2.75) is 46.0 Å². The van der Waals surface area contributed by atoms with Crippen LogP contribution in [0.5, 0.6) is 0 Å². The third kappa shape index (κ3) is 2.59. The maximum absolute atomic E-state index is 5.79. The van der Waals surface area contributed by atoms with Gasteiger partial charge in [0.25, 0.3) is 0 Å². The van der Waals surface area contributed by atoms with E-state index in [-0.39, 0.29) is 0 Å². The molecule has 1 aromatic heterocycles. The molecule has 0 saturated heterocycles. The number of ether oxygens (including phenoxy) is 1. The van der Waals surface area contributed by atoms with Crippen LogP contribution in [0.2, 0.25) is 0 Å². The Kier molecular flexibility index (Phi) is 4.32. The Morgan fingerprint density at radius 1 is 1.24 bits per heavy atom. The molecule has 132 valence electrons. The van der Waals surface area contributed by atoms with Crippen LogP contribution in [0.4, 0.5) is 5.69 Å². The van der Waals surface area contributed by atoms with Gasteiger partial charge in [0.1, 0.15) is 0 Å². The van der Waals surface area contributed by atoms with Gasteiger partial charge in [0, 0.05) is 28.4 Å². The van der Waals surface area contributed by atoms with Crippen molar-refractivity contribution in [3.63, 3.8) is 0 Å². The Balaban J connectivity index is 1.78. The standard InChI is InChI=1S/C20H24N2OS2/c1-4-11-7-17(25)20-15(14(11)5-2)6-12-10-22-16(19(12)21-20)8-13(24)9-18(22)23-3/h9-11,14,21H,4-8H2,1-3H3. The fourth-order valence-corrected chi connectivity index (χ4v) is 5.31. The summed E-state index contributed by atoms with van der Waals surface area (Å²) >= 11 is 11.3. The van der Waals surface area contributed by atoms with E-state index in [0.29, 0.717) is 11.8 Å². The minimum atomic E-state index is 0.628. The zero-order valence-corrected chi connectivity index (χ0v) is 16.6. The molecule has 1 N–H and O–H groups in total. The van der Waals surface area contributed by atoms with Crippen LogP contribution >= 0.6 is 24.4 Å². The van der Waals surface area contributed by atoms with Crippen LogP contribution in [0, 0.1) is 11.8 Å². The van der Waals surface area contributed by atoms with Crippen LogP contribution in [0.25, 0.3) is 5.88 Å². The maximum atomic E-state index is 5.79. The summed E-state index contributed by atoms with van der Waals surface area (Å²) in [7, 11) is 1.70. The number of aromatic nitrogens is 1. The first-order chi connectivity index (χ1) is 12.1. The van der Waals surface area contributed by atoms with E-state index in [0.717, 1.165) is 34.9 Å². The molecule has 4 rings (SSSR count). The molecule has 3 aliphatic rings. The van der Waals surface area contributed by atoms with Crippen molar-refractivity contribution in [3.05, 3.63) is 34.8 Å². The van der Waals surface area contributed by atoms with E-state index in [1.807, 2.05) is 6.08 Å². The summed E-state index contributed by atoms with van der Waals surface area (Å²) in [6.07, 6.45) is 9.32. The summed E-state index contributed by atoms with van der Waals surface area (Å²) in [5, 5.41) is 3.71. The van der Waals surface area contributed by atoms with Gasteiger partial charge in [-0.2, -0.15) is 0 Å². The van der Waals surface area contributed by atoms with E-state index in [2.05, 4.69) is 29.9 Å². The Bertz CT molecular complexity index is 831. The number of nitrogens with zero attached hydrogens (tertiary/aromatic N) is 1. The SMILES string of the molecule is CCC1CC(=S)C2=C(Cc3cn4c(c3N2)CC(=S)C=C4OC)C1CC. The van der Waals surface area contributed by atoms with Crippen LogP contribution in [-0.4, -0.2) is 21.4 Å². The van der Waals surface area contributed by atoms with Crippen LogP contribution in [0.3, 0.4) is 0 Å². The molecule has 0 amide bonds. The van der Waals surface area contributed by atoms with Crippen LogP contribution in [-0.2, 0) is 17.6 Å². The lowest BCUT2D eigenvalue weighted by Gasteiger charge is -2.38. The van der Waals surface area contributed by atoms with E-state index in [1.54, 1.807) is 7.11 Å². The Labute approximate surface area is 160 Å². The quantitative estimate of drug-likeness (QED) is 0.763. The fraction of sp³-hybridized carbons (Fsp3) is 0.500. The number of fused-ring (bicyclic) bond motifs is 3. The number of thiocarbonyl (C=S) groups is 2. The number of methoxy groups -OCH3 is 1. The number of rotatable bonds is 3. The van der Waals surface area contributed by atoms with Crippen molar-refractivity contribution in [3.8, 4) is 0 Å². The molecule has 5 heteroatoms. The van der Waals surface area contributed by atoms with Crippen molar-refractivity contribution in [2.75, 3.05) is 12.4 Å². The highest BCUT2D eigenvalue weighted by molar-refractivity contribution is 7.81. The second kappa shape index (κ2) is 6.36. The Morgan fingerprint density at radius 3 is 2.72 bits per heavy atom. The summed E-state index contributed by atoms with van der Waals surface area (Å²) in [5.74, 6) is 2.11. The molecule has 0 radical (unpaired) electrons. The smallest absolute Gasteiger partial charge is 0.198 e. The Morgan fingerprint density at radius 2 is 2.04 bits per heavy atom. The molecule has 0 saturated carbocycles. The van der Waals surface area contributed by atoms with Crippen molar-refractivity contribution in [1.82, 2.24) is 4.57 Å². The molecular weight excluding hydrogens is 348 g/mol. The highest BCUT2D eigenvalue weighted by Gasteiger charge is 2.37. The highest BCUT2D eigenvalue weighted by atomic mass is 32.1. The lowest BCUT2D eigenvalue weighted by atomic mass is 9.71. The second-order valence-corrected chi connectivity index (χ2v) is 8.21. The third-order valence-electron chi connectivity index (χ3n) is 5.92. The molecule has 2 aliphatic heterocycles. The first kappa shape index (κ1) is 17.0. The molecule has 2 atom stereocenters. The minimum absolute atomic E-state index is 0.628. The monoisotopic (exact) mass is 372 g/mol. The molecule has 0 bridgehead atoms. The van der Waals surface area contributed by atoms with E-state index in [1.165, 1.54) is 41.1 Å². The van der Waals surface area contributed by atoms with E-state index >= 15 is 0 Å². The summed E-state index contributed by atoms with van der Waals surface area (Å²) < 4.78 is 7.70. The zero-order valence-electron chi connectivity index (χ0n) is 15.0. The van der Waals surface area contributed by atoms with Gasteiger partial charge in [-0.3, -0.25) is 4.57 Å². The summed E-state index contributed by atoms with van der Waals surface area (Å²) in [6, 6.07) is 0. The van der Waals surface area contributed by atoms with E-state index < -0.39 is 0 Å². The van der Waals surface area contributed by atoms with Crippen molar-refractivity contribution < 1.29 is 4.74 Å². The molecule has 2 unspecified atom stereocenters. The predicted octanol–water partition coefficient (Wildman–Crippen LogP) is 4.91. The lowest BCUT2D eigenvalue weighted by molar-refractivity contribution is 0.342. The number of hydrogen-bond acceptors (Lipinski definition) is 4. The number of hydrogen-bond donors (Lipinski definition) is 1. The van der Waals surface area contributed by atoms with Gasteiger partial charge in [-0.05, 0) is 42.2 Å². The molecule has 1 aromatic rings. The first-order valence-corrected chi connectivity index (χ1v) is 9.94. The third-order valence-corrected chi connectivity index (χ3v) is 6.55. The van der Waals surface area contributed by atoms with Crippen molar-refractivity contribution >= 4 is 45.7 Å². The average molecular weight is 373 g/mol. The maximum Gasteiger partial charge on any atom is 0.198 e. The van der Waals surface area contributed by atoms with Crippen LogP contribution in [0.15, 0.2) is 23.5 Å². The summed E-state index contributed by atoms with van der Waals surface area (Å²) in [6.45, 7) is 4.59. The molecule has 1 aliphatic carbocycles. The van der Waals surface area contributed by atoms with Gasteiger partial charge >= 0.3 is 0 Å². The van der Waals surface area contributed by atoms with Gasteiger partial charge in [0.05, 0.1) is 24.2 Å². The fourth-order valence-electron chi connectivity index (χ4n) is 4.68. The van der Waals surface area contributed by atoms with Gasteiger partial charge in [-0.15, -0.1) is 0 Å². The average Bonchev–Trinajstić information content (AvgIpc) is 2.97. The predicted molar refractivity (Wildman–Crippen MR) is 111 cm³/mol. The van der Waals surface area contributed by atoms with Crippen LogP contribution < -0.4 is 5.32 Å². The van der Waals surface area contributed by atoms with E-state index in [4.69, 9.17) is 29.2 Å². The van der Waals surface area contributed by atoms with Gasteiger partial charge < -0.3 is 10.1 Å². The number of allylic oxidation sites excluding steroid dienone is 3. The molecule has 25 heavy (non-hydrogen) atoms. The first-order valence-electron chi connectivity index (χ1n) is 9.12. The normalized spacial score (nSPS) is 25.0. The molecule has 3 nitrogen and oxygen atoms in total. The molecule has 0 spiro atoms. The van der Waals surface area contributed by atoms with Gasteiger partial charge in [-0.1, -0.05) is 44.7 Å². The Hall–Kier alpha value is -1.46. The number of nitrogens with one attached hydrogen (secondary N) is 1. The van der Waals surface area contributed by atoms with E-state index in [9.17, 15) is 0 Å². The van der Waals surface area contributed by atoms with Gasteiger partial charge in [-0.25, -0.2) is 0 Å². The second-order valence-electron chi connectivity index (χ2n) is 7.19. The molecule has 0 aromatic carbocycles. The highest BCUT2D eigenvalue weighted by Crippen LogP contribution is 2.45. The topological polar surface area (TPSA) is 26.2 Å².